The van der Waals surface area contributed by atoms with Gasteiger partial charge in [-0.2, -0.15) is 0 Å². The van der Waals surface area contributed by atoms with Gasteiger partial charge in [-0.1, -0.05) is 66.2 Å². The summed E-state index contributed by atoms with van der Waals surface area (Å²) in [6, 6.07) is 0. The van der Waals surface area contributed by atoms with E-state index in [4.69, 9.17) is 5.73 Å². The number of rotatable bonds is 3. The molecule has 2 aliphatic carbocycles. The number of nitrogens with zero attached hydrogens (tertiary/aromatic N) is 1. The van der Waals surface area contributed by atoms with Gasteiger partial charge < -0.3 is 11.1 Å². The highest BCUT2D eigenvalue weighted by molar-refractivity contribution is 5.99. The number of amides is 1. The van der Waals surface area contributed by atoms with Gasteiger partial charge in [-0.3, -0.25) is 14.9 Å². The van der Waals surface area contributed by atoms with Gasteiger partial charge in [0.15, 0.2) is 0 Å². The van der Waals surface area contributed by atoms with E-state index in [0.717, 1.165) is 0 Å². The number of nitro groups is 1. The van der Waals surface area contributed by atoms with Crippen molar-refractivity contribution < 1.29 is 9.72 Å². The maximum Gasteiger partial charge on any atom is 0.256 e. The van der Waals surface area contributed by atoms with E-state index in [-0.39, 0.29) is 16.2 Å². The second-order valence-corrected chi connectivity index (χ2v) is 7.77. The van der Waals surface area contributed by atoms with Crippen LogP contribution in [0.1, 0.15) is 61.8 Å². The van der Waals surface area contributed by atoms with E-state index in [0.29, 0.717) is 22.5 Å². The zero-order chi connectivity index (χ0) is 23.5. The Hall–Kier alpha value is -2.89. The molecule has 1 amide bonds. The Bertz CT molecular complexity index is 812. The first-order valence-corrected chi connectivity index (χ1v) is 10.4. The molecule has 2 aliphatic rings. The van der Waals surface area contributed by atoms with Crippen molar-refractivity contribution in [2.75, 3.05) is 0 Å². The van der Waals surface area contributed by atoms with E-state index in [1.165, 1.54) is 31.6 Å². The highest BCUT2D eigenvalue weighted by Gasteiger charge is 2.33. The summed E-state index contributed by atoms with van der Waals surface area (Å²) in [5, 5.41) is 14.1. The van der Waals surface area contributed by atoms with Crippen molar-refractivity contribution in [3.63, 3.8) is 0 Å². The highest BCUT2D eigenvalue weighted by atomic mass is 16.6. The smallest absolute Gasteiger partial charge is 0.256 e. The summed E-state index contributed by atoms with van der Waals surface area (Å²) in [5.74, 6) is -0.360. The molecule has 6 heteroatoms. The molecule has 3 N–H and O–H groups in total. The fraction of sp³-hybridized carbons (Fsp3) is 0.458. The van der Waals surface area contributed by atoms with Gasteiger partial charge in [0.05, 0.1) is 11.4 Å². The molecule has 1 atom stereocenters. The standard InChI is InChI=1S/C19H23N3O3.C3H8.C2H6/c1-13-12-19(4,22(24)25)9-5-6-14(13)17(23)21-16-8-11-18(2,3)10-7-15(16)20;1-3-2;1-2/h5-12H,20H2,1-4H3,(H,21,23);3H2,1-2H3;1-2H3. The fourth-order valence-corrected chi connectivity index (χ4v) is 2.55. The molecular weight excluding hydrogens is 378 g/mol. The van der Waals surface area contributed by atoms with Crippen LogP contribution in [0.3, 0.4) is 0 Å². The first kappa shape index (κ1) is 27.1. The number of allylic oxidation sites excluding steroid dienone is 6. The maximum absolute atomic E-state index is 12.7. The molecule has 0 heterocycles. The van der Waals surface area contributed by atoms with E-state index in [2.05, 4.69) is 19.2 Å². The van der Waals surface area contributed by atoms with E-state index < -0.39 is 5.54 Å². The zero-order valence-electron chi connectivity index (χ0n) is 19.6. The van der Waals surface area contributed by atoms with Gasteiger partial charge in [0.25, 0.3) is 11.4 Å². The molecular formula is C24H37N3O3. The van der Waals surface area contributed by atoms with Crippen molar-refractivity contribution in [3.8, 4) is 0 Å². The second kappa shape index (κ2) is 12.0. The first-order chi connectivity index (χ1) is 14.0. The fourth-order valence-electron chi connectivity index (χ4n) is 2.55. The van der Waals surface area contributed by atoms with Gasteiger partial charge in [-0.05, 0) is 42.9 Å². The van der Waals surface area contributed by atoms with Crippen LogP contribution in [-0.2, 0) is 4.79 Å². The van der Waals surface area contributed by atoms with E-state index >= 15 is 0 Å². The average molecular weight is 416 g/mol. The number of hydrogen-bond donors (Lipinski definition) is 2. The second-order valence-electron chi connectivity index (χ2n) is 7.77. The molecule has 0 aliphatic heterocycles. The van der Waals surface area contributed by atoms with Crippen LogP contribution in [0.15, 0.2) is 71.1 Å². The molecule has 0 bridgehead atoms. The first-order valence-electron chi connectivity index (χ1n) is 10.4. The number of carbonyl (C=O) groups excluding carboxylic acids is 1. The summed E-state index contributed by atoms with van der Waals surface area (Å²) in [6.07, 6.45) is 14.8. The molecule has 0 aromatic heterocycles. The van der Waals surface area contributed by atoms with Crippen LogP contribution in [-0.4, -0.2) is 16.4 Å². The SMILES string of the molecule is CC.CC1=CC(C)([N+](=O)[O-])C=CC=C1C(=O)NC1=C(N)C=CC(C)(C)C=C1.CCC. The van der Waals surface area contributed by atoms with Crippen LogP contribution in [0.2, 0.25) is 0 Å². The van der Waals surface area contributed by atoms with Crippen molar-refractivity contribution >= 4 is 5.91 Å². The van der Waals surface area contributed by atoms with E-state index in [1.54, 1.807) is 25.2 Å². The van der Waals surface area contributed by atoms with Gasteiger partial charge in [-0.15, -0.1) is 0 Å². The Balaban J connectivity index is 0.00000154. The lowest BCUT2D eigenvalue weighted by Gasteiger charge is -2.14. The molecule has 6 nitrogen and oxygen atoms in total. The molecule has 0 fully saturated rings. The van der Waals surface area contributed by atoms with Crippen LogP contribution in [0.25, 0.3) is 0 Å². The summed E-state index contributed by atoms with van der Waals surface area (Å²) >= 11 is 0. The Labute approximate surface area is 181 Å². The molecule has 2 rings (SSSR count). The van der Waals surface area contributed by atoms with Crippen molar-refractivity contribution in [2.45, 2.75) is 67.3 Å². The monoisotopic (exact) mass is 415 g/mol. The summed E-state index contributed by atoms with van der Waals surface area (Å²) in [5.41, 5.74) is 6.38. The third-order valence-electron chi connectivity index (χ3n) is 4.20. The number of hydrogen-bond acceptors (Lipinski definition) is 4. The van der Waals surface area contributed by atoms with Gasteiger partial charge >= 0.3 is 0 Å². The Kier molecular flexibility index (Phi) is 10.8. The lowest BCUT2D eigenvalue weighted by atomic mass is 9.93. The van der Waals surface area contributed by atoms with Gasteiger partial charge in [0.1, 0.15) is 0 Å². The molecule has 0 saturated carbocycles. The molecule has 0 spiro atoms. The Morgan fingerprint density at radius 1 is 1.13 bits per heavy atom. The molecule has 1 unspecified atom stereocenters. The van der Waals surface area contributed by atoms with Crippen LogP contribution >= 0.6 is 0 Å². The molecule has 0 aromatic rings. The summed E-state index contributed by atoms with van der Waals surface area (Å²) in [6.45, 7) is 15.5. The quantitative estimate of drug-likeness (QED) is 0.480. The third-order valence-corrected chi connectivity index (χ3v) is 4.20. The molecule has 0 aromatic carbocycles. The lowest BCUT2D eigenvalue weighted by molar-refractivity contribution is -0.535. The normalized spacial score (nSPS) is 21.6. The predicted octanol–water partition coefficient (Wildman–Crippen LogP) is 5.35. The molecule has 0 radical (unpaired) electrons. The van der Waals surface area contributed by atoms with Crippen LogP contribution in [0, 0.1) is 15.5 Å². The predicted molar refractivity (Wildman–Crippen MR) is 125 cm³/mol. The minimum absolute atomic E-state index is 0.162. The largest absolute Gasteiger partial charge is 0.397 e. The van der Waals surface area contributed by atoms with Crippen molar-refractivity contribution in [1.82, 2.24) is 5.32 Å². The summed E-state index contributed by atoms with van der Waals surface area (Å²) in [4.78, 5) is 23.5. The minimum atomic E-state index is -1.34. The third kappa shape index (κ3) is 7.85. The van der Waals surface area contributed by atoms with Crippen LogP contribution < -0.4 is 11.1 Å². The zero-order valence-corrected chi connectivity index (χ0v) is 19.6. The average Bonchev–Trinajstić information content (AvgIpc) is 2.91. The number of nitrogens with two attached hydrogens (primary N) is 1. The summed E-state index contributed by atoms with van der Waals surface area (Å²) < 4.78 is 0. The van der Waals surface area contributed by atoms with E-state index in [9.17, 15) is 14.9 Å². The lowest BCUT2D eigenvalue weighted by Crippen LogP contribution is -2.30. The Morgan fingerprint density at radius 2 is 1.67 bits per heavy atom. The minimum Gasteiger partial charge on any atom is -0.397 e. The highest BCUT2D eigenvalue weighted by Crippen LogP contribution is 2.25. The maximum atomic E-state index is 12.7. The van der Waals surface area contributed by atoms with Crippen molar-refractivity contribution in [1.29, 1.82) is 0 Å². The molecule has 30 heavy (non-hydrogen) atoms. The Morgan fingerprint density at radius 3 is 2.20 bits per heavy atom. The number of nitrogens with one attached hydrogen (secondary N) is 1. The molecule has 0 saturated heterocycles. The van der Waals surface area contributed by atoms with Crippen LogP contribution in [0.5, 0.6) is 0 Å². The van der Waals surface area contributed by atoms with Crippen molar-refractivity contribution in [2.24, 2.45) is 11.1 Å². The number of carbonyl (C=O) groups is 1. The topological polar surface area (TPSA) is 98.3 Å². The molecule has 166 valence electrons. The van der Waals surface area contributed by atoms with Gasteiger partial charge in [0.2, 0.25) is 0 Å². The van der Waals surface area contributed by atoms with Gasteiger partial charge in [-0.25, -0.2) is 0 Å². The van der Waals surface area contributed by atoms with Crippen molar-refractivity contribution in [3.05, 3.63) is 81.3 Å². The summed E-state index contributed by atoms with van der Waals surface area (Å²) in [7, 11) is 0. The van der Waals surface area contributed by atoms with Crippen LogP contribution in [0.4, 0.5) is 0 Å². The van der Waals surface area contributed by atoms with E-state index in [1.807, 2.05) is 39.8 Å². The van der Waals surface area contributed by atoms with Gasteiger partial charge in [0, 0.05) is 22.8 Å².